The van der Waals surface area contributed by atoms with Crippen LogP contribution in [0.2, 0.25) is 0 Å². The van der Waals surface area contributed by atoms with E-state index in [9.17, 15) is 19.2 Å². The maximum atomic E-state index is 12.6. The summed E-state index contributed by atoms with van der Waals surface area (Å²) in [4.78, 5) is 54.9. The Morgan fingerprint density at radius 2 is 1.74 bits per heavy atom. The quantitative estimate of drug-likeness (QED) is 0.657. The molecule has 31 heavy (non-hydrogen) atoms. The van der Waals surface area contributed by atoms with Crippen molar-refractivity contribution in [3.05, 3.63) is 11.8 Å². The molecule has 3 aliphatic rings. The fraction of sp³-hybridized carbons (Fsp3) is 0.667. The van der Waals surface area contributed by atoms with E-state index in [1.54, 1.807) is 17.9 Å². The number of hydrogen-bond acceptors (Lipinski definition) is 7. The number of fused-ring (bicyclic) bond motifs is 1. The molecule has 1 aromatic heterocycles. The smallest absolute Gasteiger partial charge is 0.239 e. The summed E-state index contributed by atoms with van der Waals surface area (Å²) in [6, 6.07) is 1.65. The zero-order chi connectivity index (χ0) is 22.0. The molecule has 2 atom stereocenters. The summed E-state index contributed by atoms with van der Waals surface area (Å²) in [6.45, 7) is 4.34. The van der Waals surface area contributed by atoms with E-state index in [1.165, 1.54) is 4.90 Å². The van der Waals surface area contributed by atoms with E-state index in [0.717, 1.165) is 25.7 Å². The minimum Gasteiger partial charge on any atom is -0.360 e. The van der Waals surface area contributed by atoms with Crippen LogP contribution >= 0.6 is 0 Å². The average Bonchev–Trinajstić information content (AvgIpc) is 3.27. The molecular formula is C21H29N5O5. The van der Waals surface area contributed by atoms with E-state index in [0.29, 0.717) is 37.8 Å². The molecule has 3 heterocycles. The number of likely N-dealkylation sites (tertiary alicyclic amines) is 1. The molecule has 3 fully saturated rings. The van der Waals surface area contributed by atoms with Gasteiger partial charge in [0.1, 0.15) is 5.76 Å². The van der Waals surface area contributed by atoms with Crippen molar-refractivity contribution in [1.29, 1.82) is 0 Å². The standard InChI is InChI=1S/C21H29N5O5/c1-14-12-17(23-31-14)22-18(27)13-24-8-10-25(11-9-24)19(28)6-7-26-20(29)15-4-2-3-5-16(15)21(26)30/h12,15-16H,2-11,13H2,1H3,(H,22,23,27). The van der Waals surface area contributed by atoms with Crippen molar-refractivity contribution in [3.8, 4) is 0 Å². The first-order valence-corrected chi connectivity index (χ1v) is 11.0. The highest BCUT2D eigenvalue weighted by Crippen LogP contribution is 2.38. The van der Waals surface area contributed by atoms with Gasteiger partial charge < -0.3 is 14.7 Å². The topological polar surface area (TPSA) is 116 Å². The molecule has 2 unspecified atom stereocenters. The van der Waals surface area contributed by atoms with Crippen LogP contribution in [-0.4, -0.2) is 82.8 Å². The van der Waals surface area contributed by atoms with Crippen LogP contribution in [-0.2, 0) is 19.2 Å². The molecule has 0 bridgehead atoms. The molecule has 10 heteroatoms. The van der Waals surface area contributed by atoms with E-state index < -0.39 is 0 Å². The minimum atomic E-state index is -0.180. The van der Waals surface area contributed by atoms with Gasteiger partial charge in [0.15, 0.2) is 5.82 Å². The number of anilines is 1. The van der Waals surface area contributed by atoms with Crippen molar-refractivity contribution in [2.45, 2.75) is 39.0 Å². The Morgan fingerprint density at radius 1 is 1.10 bits per heavy atom. The average molecular weight is 431 g/mol. The Morgan fingerprint density at radius 3 is 2.32 bits per heavy atom. The molecule has 2 aliphatic heterocycles. The maximum Gasteiger partial charge on any atom is 0.239 e. The van der Waals surface area contributed by atoms with E-state index in [4.69, 9.17) is 4.52 Å². The number of carbonyl (C=O) groups is 4. The number of carbonyl (C=O) groups excluding carboxylic acids is 4. The Bertz CT molecular complexity index is 836. The summed E-state index contributed by atoms with van der Waals surface area (Å²) in [5.74, 6) is 0.236. The Kier molecular flexibility index (Phi) is 6.35. The van der Waals surface area contributed by atoms with Crippen molar-refractivity contribution in [1.82, 2.24) is 19.9 Å². The van der Waals surface area contributed by atoms with Crippen LogP contribution in [0.25, 0.3) is 0 Å². The number of piperazine rings is 1. The van der Waals surface area contributed by atoms with Gasteiger partial charge in [0, 0.05) is 45.2 Å². The molecule has 4 amide bonds. The molecule has 168 valence electrons. The summed E-state index contributed by atoms with van der Waals surface area (Å²) in [5, 5.41) is 6.43. The fourth-order valence-corrected chi connectivity index (χ4v) is 4.78. The molecule has 4 rings (SSSR count). The molecular weight excluding hydrogens is 402 g/mol. The summed E-state index contributed by atoms with van der Waals surface area (Å²) in [6.07, 6.45) is 3.71. The zero-order valence-electron chi connectivity index (χ0n) is 17.8. The van der Waals surface area contributed by atoms with Crippen LogP contribution in [0.15, 0.2) is 10.6 Å². The predicted octanol–water partition coefficient (Wildman–Crippen LogP) is 0.631. The van der Waals surface area contributed by atoms with Crippen molar-refractivity contribution >= 4 is 29.4 Å². The molecule has 2 saturated heterocycles. The minimum absolute atomic E-state index is 0.0577. The lowest BCUT2D eigenvalue weighted by atomic mass is 9.81. The van der Waals surface area contributed by atoms with Crippen LogP contribution in [0.5, 0.6) is 0 Å². The molecule has 1 aliphatic carbocycles. The first-order chi connectivity index (χ1) is 14.9. The number of rotatable bonds is 6. The van der Waals surface area contributed by atoms with Gasteiger partial charge >= 0.3 is 0 Å². The molecule has 1 N–H and O–H groups in total. The van der Waals surface area contributed by atoms with Crippen LogP contribution in [0, 0.1) is 18.8 Å². The van der Waals surface area contributed by atoms with E-state index >= 15 is 0 Å². The highest BCUT2D eigenvalue weighted by Gasteiger charge is 2.47. The van der Waals surface area contributed by atoms with Crippen LogP contribution in [0.1, 0.15) is 37.9 Å². The number of aryl methyl sites for hydroxylation is 1. The summed E-state index contributed by atoms with van der Waals surface area (Å²) in [5.41, 5.74) is 0. The highest BCUT2D eigenvalue weighted by molar-refractivity contribution is 6.05. The number of hydrogen-bond donors (Lipinski definition) is 1. The first-order valence-electron chi connectivity index (χ1n) is 11.0. The lowest BCUT2D eigenvalue weighted by molar-refractivity contribution is -0.141. The first kappa shape index (κ1) is 21.5. The van der Waals surface area contributed by atoms with Gasteiger partial charge in [0.2, 0.25) is 23.6 Å². The lowest BCUT2D eigenvalue weighted by Crippen LogP contribution is -2.51. The summed E-state index contributed by atoms with van der Waals surface area (Å²) < 4.78 is 4.93. The van der Waals surface area contributed by atoms with Gasteiger partial charge in [0.25, 0.3) is 0 Å². The van der Waals surface area contributed by atoms with Gasteiger partial charge in [-0.25, -0.2) is 0 Å². The van der Waals surface area contributed by atoms with Crippen molar-refractivity contribution in [3.63, 3.8) is 0 Å². The van der Waals surface area contributed by atoms with Gasteiger partial charge in [-0.2, -0.15) is 0 Å². The second-order valence-electron chi connectivity index (χ2n) is 8.60. The van der Waals surface area contributed by atoms with Gasteiger partial charge in [-0.1, -0.05) is 18.0 Å². The van der Waals surface area contributed by atoms with E-state index in [2.05, 4.69) is 10.5 Å². The Hall–Kier alpha value is -2.75. The second kappa shape index (κ2) is 9.17. The molecule has 0 spiro atoms. The monoisotopic (exact) mass is 431 g/mol. The second-order valence-corrected chi connectivity index (χ2v) is 8.60. The third-order valence-electron chi connectivity index (χ3n) is 6.47. The Balaban J connectivity index is 1.19. The molecule has 1 aromatic rings. The molecule has 10 nitrogen and oxygen atoms in total. The number of amides is 4. The fourth-order valence-electron chi connectivity index (χ4n) is 4.78. The van der Waals surface area contributed by atoms with Gasteiger partial charge in [-0.3, -0.25) is 29.0 Å². The molecule has 0 aromatic carbocycles. The van der Waals surface area contributed by atoms with E-state index in [1.807, 2.05) is 4.90 Å². The molecule has 0 radical (unpaired) electrons. The van der Waals surface area contributed by atoms with Crippen molar-refractivity contribution in [2.24, 2.45) is 11.8 Å². The SMILES string of the molecule is Cc1cc(NC(=O)CN2CCN(C(=O)CCN3C(=O)C4CCCCC4C3=O)CC2)no1. The summed E-state index contributed by atoms with van der Waals surface area (Å²) in [7, 11) is 0. The predicted molar refractivity (Wildman–Crippen MR) is 110 cm³/mol. The number of nitrogens with zero attached hydrogens (tertiary/aromatic N) is 4. The van der Waals surface area contributed by atoms with Crippen LogP contribution in [0.4, 0.5) is 5.82 Å². The number of imide groups is 1. The maximum absolute atomic E-state index is 12.6. The Labute approximate surface area is 180 Å². The van der Waals surface area contributed by atoms with E-state index in [-0.39, 0.29) is 55.0 Å². The third kappa shape index (κ3) is 4.79. The normalized spacial score (nSPS) is 24.4. The van der Waals surface area contributed by atoms with Crippen LogP contribution in [0.3, 0.4) is 0 Å². The molecule has 1 saturated carbocycles. The largest absolute Gasteiger partial charge is 0.360 e. The highest BCUT2D eigenvalue weighted by atomic mass is 16.5. The lowest BCUT2D eigenvalue weighted by Gasteiger charge is -2.34. The van der Waals surface area contributed by atoms with Gasteiger partial charge in [-0.05, 0) is 19.8 Å². The number of aromatic nitrogens is 1. The third-order valence-corrected chi connectivity index (χ3v) is 6.47. The zero-order valence-corrected chi connectivity index (χ0v) is 17.8. The van der Waals surface area contributed by atoms with Crippen molar-refractivity contribution < 1.29 is 23.7 Å². The summed E-state index contributed by atoms with van der Waals surface area (Å²) >= 11 is 0. The van der Waals surface area contributed by atoms with Crippen molar-refractivity contribution in [2.75, 3.05) is 44.6 Å². The van der Waals surface area contributed by atoms with Crippen LogP contribution < -0.4 is 5.32 Å². The van der Waals surface area contributed by atoms with Gasteiger partial charge in [0.05, 0.1) is 18.4 Å². The van der Waals surface area contributed by atoms with Gasteiger partial charge in [-0.15, -0.1) is 0 Å². The number of nitrogens with one attached hydrogen (secondary N) is 1.